The van der Waals surface area contributed by atoms with Gasteiger partial charge in [-0.05, 0) is 37.0 Å². The van der Waals surface area contributed by atoms with Gasteiger partial charge >= 0.3 is 0 Å². The lowest BCUT2D eigenvalue weighted by atomic mass is 9.98. The van der Waals surface area contributed by atoms with E-state index in [0.29, 0.717) is 30.4 Å². The quantitative estimate of drug-likeness (QED) is 0.729. The van der Waals surface area contributed by atoms with E-state index < -0.39 is 9.84 Å². The number of benzene rings is 1. The third-order valence-corrected chi connectivity index (χ3v) is 5.02. The number of nitrogens with one attached hydrogen (secondary N) is 1. The summed E-state index contributed by atoms with van der Waals surface area (Å²) in [6, 6.07) is 6.69. The van der Waals surface area contributed by atoms with Crippen LogP contribution in [-0.2, 0) is 20.3 Å². The number of carbonyl (C=O) groups is 1. The Morgan fingerprint density at radius 2 is 1.83 bits per heavy atom. The minimum Gasteiger partial charge on any atom is -0.378 e. The number of hydrogen-bond donors (Lipinski definition) is 1. The third-order valence-electron chi connectivity index (χ3n) is 4.16. The van der Waals surface area contributed by atoms with Crippen LogP contribution in [0.4, 0.5) is 0 Å². The summed E-state index contributed by atoms with van der Waals surface area (Å²) in [5, 5.41) is 2.87. The van der Waals surface area contributed by atoms with Crippen LogP contribution in [0.5, 0.6) is 0 Å². The maximum atomic E-state index is 12.0. The minimum absolute atomic E-state index is 0.00654. The van der Waals surface area contributed by atoms with Gasteiger partial charge in [0, 0.05) is 25.0 Å². The summed E-state index contributed by atoms with van der Waals surface area (Å²) in [6.45, 7) is 1.26. The fourth-order valence-corrected chi connectivity index (χ4v) is 3.71. The zero-order valence-electron chi connectivity index (χ0n) is 14.3. The van der Waals surface area contributed by atoms with Crippen LogP contribution < -0.4 is 5.32 Å². The van der Waals surface area contributed by atoms with Crippen molar-refractivity contribution in [2.75, 3.05) is 19.4 Å². The molecule has 1 aromatic rings. The molecule has 2 rings (SSSR count). The first kappa shape index (κ1) is 18.9. The molecular weight excluding hydrogens is 326 g/mol. The maximum absolute atomic E-state index is 12.0. The largest absolute Gasteiger partial charge is 0.378 e. The molecule has 0 bridgehead atoms. The summed E-state index contributed by atoms with van der Waals surface area (Å²) in [4.78, 5) is 12.0. The summed E-state index contributed by atoms with van der Waals surface area (Å²) in [5.74, 6) is -0.147. The maximum Gasteiger partial charge on any atom is 0.251 e. The third kappa shape index (κ3) is 7.01. The predicted molar refractivity (Wildman–Crippen MR) is 94.8 cm³/mol. The van der Waals surface area contributed by atoms with Crippen molar-refractivity contribution in [1.82, 2.24) is 5.32 Å². The second-order valence-electron chi connectivity index (χ2n) is 6.51. The van der Waals surface area contributed by atoms with Gasteiger partial charge in [0.25, 0.3) is 5.91 Å². The van der Waals surface area contributed by atoms with Crippen molar-refractivity contribution in [3.8, 4) is 0 Å². The minimum atomic E-state index is -3.05. The Hall–Kier alpha value is -1.40. The second kappa shape index (κ2) is 9.18. The van der Waals surface area contributed by atoms with E-state index in [9.17, 15) is 13.2 Å². The fraction of sp³-hybridized carbons (Fsp3) is 0.611. The first-order valence-electron chi connectivity index (χ1n) is 8.60. The Balaban J connectivity index is 1.66. The molecule has 0 unspecified atom stereocenters. The van der Waals surface area contributed by atoms with Gasteiger partial charge in [0.1, 0.15) is 0 Å². The Labute approximate surface area is 144 Å². The highest BCUT2D eigenvalue weighted by molar-refractivity contribution is 7.89. The highest BCUT2D eigenvalue weighted by Gasteiger charge is 2.13. The molecule has 0 radical (unpaired) electrons. The summed E-state index contributed by atoms with van der Waals surface area (Å²) >= 11 is 0. The van der Waals surface area contributed by atoms with Gasteiger partial charge in [0.05, 0.1) is 11.9 Å². The van der Waals surface area contributed by atoms with E-state index in [1.165, 1.54) is 25.5 Å². The predicted octanol–water partition coefficient (Wildman–Crippen LogP) is 2.70. The fourth-order valence-electron chi connectivity index (χ4n) is 2.91. The van der Waals surface area contributed by atoms with Crippen molar-refractivity contribution in [2.45, 2.75) is 50.4 Å². The number of carbonyl (C=O) groups excluding carboxylic acids is 1. The average molecular weight is 353 g/mol. The summed E-state index contributed by atoms with van der Waals surface area (Å²) in [6.07, 6.45) is 8.55. The van der Waals surface area contributed by atoms with Crippen LogP contribution in [0.2, 0.25) is 0 Å². The van der Waals surface area contributed by atoms with Crippen molar-refractivity contribution >= 4 is 15.7 Å². The highest BCUT2D eigenvalue weighted by atomic mass is 32.2. The molecule has 0 saturated heterocycles. The molecule has 1 aliphatic rings. The van der Waals surface area contributed by atoms with Gasteiger partial charge in [-0.25, -0.2) is 8.42 Å². The van der Waals surface area contributed by atoms with E-state index in [4.69, 9.17) is 4.74 Å². The topological polar surface area (TPSA) is 72.5 Å². The molecule has 1 aliphatic carbocycles. The molecule has 0 spiro atoms. The van der Waals surface area contributed by atoms with E-state index >= 15 is 0 Å². The summed E-state index contributed by atoms with van der Waals surface area (Å²) < 4.78 is 28.3. The average Bonchev–Trinajstić information content (AvgIpc) is 2.54. The van der Waals surface area contributed by atoms with Crippen LogP contribution in [0, 0.1) is 0 Å². The molecule has 5 nitrogen and oxygen atoms in total. The summed E-state index contributed by atoms with van der Waals surface area (Å²) in [5.41, 5.74) is 1.23. The first-order valence-corrected chi connectivity index (χ1v) is 10.7. The normalized spacial score (nSPS) is 16.0. The molecule has 6 heteroatoms. The lowest BCUT2D eigenvalue weighted by Gasteiger charge is -2.21. The molecule has 1 N–H and O–H groups in total. The van der Waals surface area contributed by atoms with E-state index in [0.717, 1.165) is 19.3 Å². The smallest absolute Gasteiger partial charge is 0.251 e. The molecule has 1 saturated carbocycles. The van der Waals surface area contributed by atoms with Gasteiger partial charge in [0.15, 0.2) is 9.84 Å². The number of rotatable bonds is 8. The van der Waals surface area contributed by atoms with Crippen molar-refractivity contribution in [2.24, 2.45) is 0 Å². The number of sulfone groups is 1. The van der Waals surface area contributed by atoms with E-state index in [1.54, 1.807) is 24.3 Å². The van der Waals surface area contributed by atoms with Gasteiger partial charge in [0.2, 0.25) is 0 Å². The Morgan fingerprint density at radius 1 is 1.17 bits per heavy atom. The van der Waals surface area contributed by atoms with Crippen LogP contribution in [0.1, 0.15) is 54.4 Å². The Kier molecular flexibility index (Phi) is 7.24. The molecule has 1 amide bonds. The molecule has 134 valence electrons. The number of hydrogen-bond acceptors (Lipinski definition) is 4. The van der Waals surface area contributed by atoms with Crippen molar-refractivity contribution in [3.05, 3.63) is 35.4 Å². The zero-order chi connectivity index (χ0) is 17.4. The molecular formula is C18H27NO4S. The highest BCUT2D eigenvalue weighted by Crippen LogP contribution is 2.20. The number of ether oxygens (including phenoxy) is 1. The van der Waals surface area contributed by atoms with Crippen molar-refractivity contribution < 1.29 is 17.9 Å². The van der Waals surface area contributed by atoms with Crippen LogP contribution >= 0.6 is 0 Å². The van der Waals surface area contributed by atoms with Gasteiger partial charge in [-0.15, -0.1) is 0 Å². The van der Waals surface area contributed by atoms with Crippen molar-refractivity contribution in [1.29, 1.82) is 0 Å². The van der Waals surface area contributed by atoms with Gasteiger partial charge in [-0.1, -0.05) is 31.4 Å². The Morgan fingerprint density at radius 3 is 2.46 bits per heavy atom. The van der Waals surface area contributed by atoms with Crippen LogP contribution in [-0.4, -0.2) is 39.8 Å². The molecule has 24 heavy (non-hydrogen) atoms. The van der Waals surface area contributed by atoms with Gasteiger partial charge < -0.3 is 10.1 Å². The molecule has 0 heterocycles. The monoisotopic (exact) mass is 353 g/mol. The van der Waals surface area contributed by atoms with E-state index in [-0.39, 0.29) is 11.7 Å². The molecule has 0 atom stereocenters. The molecule has 1 fully saturated rings. The molecule has 0 aromatic heterocycles. The SMILES string of the molecule is CS(=O)(=O)Cc1ccc(C(=O)NCCCOC2CCCCC2)cc1. The van der Waals surface area contributed by atoms with E-state index in [1.807, 2.05) is 0 Å². The lowest BCUT2D eigenvalue weighted by molar-refractivity contribution is 0.0273. The van der Waals surface area contributed by atoms with E-state index in [2.05, 4.69) is 5.32 Å². The second-order valence-corrected chi connectivity index (χ2v) is 8.65. The first-order chi connectivity index (χ1) is 11.4. The van der Waals surface area contributed by atoms with Gasteiger partial charge in [-0.3, -0.25) is 4.79 Å². The molecule has 0 aliphatic heterocycles. The van der Waals surface area contributed by atoms with Crippen LogP contribution in [0.3, 0.4) is 0 Å². The van der Waals surface area contributed by atoms with Gasteiger partial charge in [-0.2, -0.15) is 0 Å². The van der Waals surface area contributed by atoms with Crippen LogP contribution in [0.25, 0.3) is 0 Å². The standard InChI is InChI=1S/C18H27NO4S/c1-24(21,22)14-15-8-10-16(11-9-15)18(20)19-12-5-13-23-17-6-3-2-4-7-17/h8-11,17H,2-7,12-14H2,1H3,(H,19,20). The zero-order valence-corrected chi connectivity index (χ0v) is 15.1. The van der Waals surface area contributed by atoms with Crippen molar-refractivity contribution in [3.63, 3.8) is 0 Å². The van der Waals surface area contributed by atoms with Crippen LogP contribution in [0.15, 0.2) is 24.3 Å². The Bertz CT molecular complexity index is 619. The lowest BCUT2D eigenvalue weighted by Crippen LogP contribution is -2.26. The molecule has 1 aromatic carbocycles. The number of amides is 1. The summed E-state index contributed by atoms with van der Waals surface area (Å²) in [7, 11) is -3.05.